The second kappa shape index (κ2) is 17.0. The molecule has 2 unspecified atom stereocenters. The van der Waals surface area contributed by atoms with Crippen molar-refractivity contribution in [3.63, 3.8) is 0 Å². The lowest BCUT2D eigenvalue weighted by molar-refractivity contribution is -0.119. The van der Waals surface area contributed by atoms with Crippen molar-refractivity contribution in [2.24, 2.45) is 0 Å². The van der Waals surface area contributed by atoms with Crippen LogP contribution in [-0.4, -0.2) is 30.2 Å². The molecule has 5 aromatic carbocycles. The summed E-state index contributed by atoms with van der Waals surface area (Å²) in [5.74, 6) is 3.33. The number of carbonyl (C=O) groups excluding carboxylic acids is 1. The van der Waals surface area contributed by atoms with Crippen molar-refractivity contribution in [3.05, 3.63) is 126 Å². The van der Waals surface area contributed by atoms with Crippen LogP contribution in [0.25, 0.3) is 22.3 Å². The first-order valence-corrected chi connectivity index (χ1v) is 20.5. The van der Waals surface area contributed by atoms with E-state index in [1.807, 2.05) is 36.4 Å². The lowest BCUT2D eigenvalue weighted by Gasteiger charge is -2.41. The fourth-order valence-corrected chi connectivity index (χ4v) is 11.1. The quantitative estimate of drug-likeness (QED) is 0.113. The van der Waals surface area contributed by atoms with E-state index in [1.165, 1.54) is 16.4 Å². The standard InChI is InChI=1S/C47H53O5P/c1-30(2)49-39-24-16-25-40(50-31(3)4)45(39)37-22-15-23-38(46-41(51-32(5)6)26-17-27-42(46)52-33(7)8)47(37)53-43(34-18-11-9-12-19-34)28-36(48)29-44(53)35-20-13-10-14-21-35/h9-27,30-33,43-44H,28-29H2,1-8H3. The number of hydrogen-bond donors (Lipinski definition) is 0. The Labute approximate surface area is 317 Å². The molecule has 1 aliphatic heterocycles. The zero-order valence-electron chi connectivity index (χ0n) is 32.3. The predicted molar refractivity (Wildman–Crippen MR) is 220 cm³/mol. The second-order valence-electron chi connectivity index (χ2n) is 14.8. The van der Waals surface area contributed by atoms with Gasteiger partial charge in [-0.1, -0.05) is 98.9 Å². The maximum atomic E-state index is 13.9. The van der Waals surface area contributed by atoms with Crippen molar-refractivity contribution < 1.29 is 23.7 Å². The Kier molecular flexibility index (Phi) is 12.3. The molecule has 0 bridgehead atoms. The maximum Gasteiger partial charge on any atom is 0.134 e. The van der Waals surface area contributed by atoms with Gasteiger partial charge in [-0.2, -0.15) is 0 Å². The van der Waals surface area contributed by atoms with Gasteiger partial charge in [-0.3, -0.25) is 4.79 Å². The highest BCUT2D eigenvalue weighted by atomic mass is 31.1. The maximum absolute atomic E-state index is 13.9. The Morgan fingerprint density at radius 1 is 0.453 bits per heavy atom. The van der Waals surface area contributed by atoms with Crippen LogP contribution in [0, 0.1) is 0 Å². The van der Waals surface area contributed by atoms with Gasteiger partial charge in [0.1, 0.15) is 28.8 Å². The van der Waals surface area contributed by atoms with Gasteiger partial charge in [0.25, 0.3) is 0 Å². The Hall–Kier alpha value is -4.60. The number of benzene rings is 5. The van der Waals surface area contributed by atoms with Gasteiger partial charge in [-0.05, 0) is 107 Å². The van der Waals surface area contributed by atoms with Gasteiger partial charge in [0.15, 0.2) is 0 Å². The van der Waals surface area contributed by atoms with E-state index in [2.05, 4.69) is 134 Å². The van der Waals surface area contributed by atoms with Crippen molar-refractivity contribution in [1.29, 1.82) is 0 Å². The highest BCUT2D eigenvalue weighted by Crippen LogP contribution is 2.68. The summed E-state index contributed by atoms with van der Waals surface area (Å²) < 4.78 is 26.5. The Bertz CT molecular complexity index is 1790. The smallest absolute Gasteiger partial charge is 0.134 e. The van der Waals surface area contributed by atoms with Gasteiger partial charge in [0.05, 0.1) is 35.5 Å². The molecular weight excluding hydrogens is 675 g/mol. The molecule has 1 aliphatic rings. The topological polar surface area (TPSA) is 54.0 Å². The van der Waals surface area contributed by atoms with Crippen LogP contribution in [0.5, 0.6) is 23.0 Å². The summed E-state index contributed by atoms with van der Waals surface area (Å²) >= 11 is 0. The third-order valence-electron chi connectivity index (χ3n) is 9.14. The van der Waals surface area contributed by atoms with E-state index in [-0.39, 0.29) is 41.5 Å². The number of rotatable bonds is 13. The first-order valence-electron chi connectivity index (χ1n) is 19.0. The first-order chi connectivity index (χ1) is 25.5. The molecular formula is C47H53O5P. The van der Waals surface area contributed by atoms with Crippen molar-refractivity contribution in [3.8, 4) is 45.3 Å². The summed E-state index contributed by atoms with van der Waals surface area (Å²) in [5.41, 5.74) is 6.15. The van der Waals surface area contributed by atoms with Crippen LogP contribution in [0.4, 0.5) is 0 Å². The molecule has 6 rings (SSSR count). The molecule has 276 valence electrons. The van der Waals surface area contributed by atoms with E-state index in [1.54, 1.807) is 0 Å². The van der Waals surface area contributed by atoms with Crippen LogP contribution in [0.2, 0.25) is 0 Å². The van der Waals surface area contributed by atoms with Crippen molar-refractivity contribution >= 4 is 19.0 Å². The van der Waals surface area contributed by atoms with Crippen LogP contribution in [0.15, 0.2) is 115 Å². The molecule has 0 amide bonds. The van der Waals surface area contributed by atoms with Crippen LogP contribution in [0.1, 0.15) is 90.7 Å². The van der Waals surface area contributed by atoms with Crippen molar-refractivity contribution in [2.75, 3.05) is 0 Å². The molecule has 0 N–H and O–H groups in total. The van der Waals surface area contributed by atoms with Gasteiger partial charge in [0.2, 0.25) is 0 Å². The normalized spacial score (nSPS) is 17.4. The fraction of sp³-hybridized carbons (Fsp3) is 0.340. The molecule has 5 nitrogen and oxygen atoms in total. The molecule has 53 heavy (non-hydrogen) atoms. The molecule has 0 aliphatic carbocycles. The first kappa shape index (κ1) is 38.1. The summed E-state index contributed by atoms with van der Waals surface area (Å²) in [6, 6.07) is 40.0. The third kappa shape index (κ3) is 8.79. The SMILES string of the molecule is CC(C)Oc1cccc(OC(C)C)c1-c1cccc(-c2c(OC(C)C)cccc2OC(C)C)c1P1C(c2ccccc2)CC(=O)CC1c1ccccc1. The Balaban J connectivity index is 1.79. The largest absolute Gasteiger partial charge is 0.490 e. The van der Waals surface area contributed by atoms with E-state index >= 15 is 0 Å². The summed E-state index contributed by atoms with van der Waals surface area (Å²) in [6.07, 6.45) is 0.680. The van der Waals surface area contributed by atoms with Crippen LogP contribution in [0.3, 0.4) is 0 Å². The summed E-state index contributed by atoms with van der Waals surface area (Å²) in [5, 5.41) is 1.18. The van der Waals surface area contributed by atoms with Crippen LogP contribution in [-0.2, 0) is 4.79 Å². The fourth-order valence-electron chi connectivity index (χ4n) is 7.33. The number of carbonyl (C=O) groups is 1. The Morgan fingerprint density at radius 2 is 0.774 bits per heavy atom. The molecule has 1 heterocycles. The van der Waals surface area contributed by atoms with Gasteiger partial charge >= 0.3 is 0 Å². The van der Waals surface area contributed by atoms with Gasteiger partial charge in [-0.25, -0.2) is 0 Å². The minimum atomic E-state index is -1.14. The lowest BCUT2D eigenvalue weighted by atomic mass is 9.96. The van der Waals surface area contributed by atoms with E-state index in [9.17, 15) is 4.79 Å². The molecule has 0 saturated carbocycles. The molecule has 0 aromatic heterocycles. The Morgan fingerprint density at radius 3 is 1.09 bits per heavy atom. The van der Waals surface area contributed by atoms with Crippen LogP contribution >= 0.6 is 7.92 Å². The summed E-state index contributed by atoms with van der Waals surface area (Å²) in [4.78, 5) is 13.9. The van der Waals surface area contributed by atoms with Gasteiger partial charge in [-0.15, -0.1) is 0 Å². The minimum Gasteiger partial charge on any atom is -0.490 e. The molecule has 6 heteroatoms. The number of ketones is 1. The van der Waals surface area contributed by atoms with Gasteiger partial charge < -0.3 is 18.9 Å². The van der Waals surface area contributed by atoms with Crippen molar-refractivity contribution in [1.82, 2.24) is 0 Å². The molecule has 0 radical (unpaired) electrons. The van der Waals surface area contributed by atoms with Crippen LogP contribution < -0.4 is 24.3 Å². The molecule has 2 atom stereocenters. The minimum absolute atomic E-state index is 0.0437. The monoisotopic (exact) mass is 728 g/mol. The average Bonchev–Trinajstić information content (AvgIpc) is 3.11. The molecule has 0 spiro atoms. The summed E-state index contributed by atoms with van der Waals surface area (Å²) in [6.45, 7) is 16.4. The van der Waals surface area contributed by atoms with E-state index < -0.39 is 7.92 Å². The number of hydrogen-bond acceptors (Lipinski definition) is 5. The highest BCUT2D eigenvalue weighted by Gasteiger charge is 2.42. The van der Waals surface area contributed by atoms with Gasteiger partial charge in [0, 0.05) is 24.2 Å². The molecule has 5 aromatic rings. The van der Waals surface area contributed by atoms with E-state index in [0.29, 0.717) is 12.8 Å². The highest BCUT2D eigenvalue weighted by molar-refractivity contribution is 7.67. The second-order valence-corrected chi connectivity index (χ2v) is 17.3. The third-order valence-corrected chi connectivity index (χ3v) is 12.4. The number of Topliss-reactive ketones (excluding diaryl/α,β-unsaturated/α-hetero) is 1. The average molecular weight is 729 g/mol. The molecule has 1 fully saturated rings. The summed E-state index contributed by atoms with van der Waals surface area (Å²) in [7, 11) is -1.14. The van der Waals surface area contributed by atoms with Crippen molar-refractivity contribution in [2.45, 2.75) is 104 Å². The predicted octanol–water partition coefficient (Wildman–Crippen LogP) is 12.1. The number of ether oxygens (including phenoxy) is 4. The molecule has 1 saturated heterocycles. The van der Waals surface area contributed by atoms with E-state index in [4.69, 9.17) is 18.9 Å². The zero-order chi connectivity index (χ0) is 37.6. The lowest BCUT2D eigenvalue weighted by Crippen LogP contribution is -2.26. The zero-order valence-corrected chi connectivity index (χ0v) is 33.2. The van der Waals surface area contributed by atoms with E-state index in [0.717, 1.165) is 45.3 Å².